The van der Waals surface area contributed by atoms with Crippen LogP contribution in [0, 0.1) is 0 Å². The normalized spacial score (nSPS) is 16.9. The van der Waals surface area contributed by atoms with Gasteiger partial charge in [0.15, 0.2) is 0 Å². The van der Waals surface area contributed by atoms with E-state index in [1.807, 2.05) is 42.5 Å². The summed E-state index contributed by atoms with van der Waals surface area (Å²) in [6.07, 6.45) is 0.928. The van der Waals surface area contributed by atoms with Crippen LogP contribution in [0.4, 0.5) is 0 Å². The number of likely N-dealkylation sites (tertiary alicyclic amines) is 1. The minimum Gasteiger partial charge on any atom is -0.489 e. The summed E-state index contributed by atoms with van der Waals surface area (Å²) in [4.78, 5) is 30.3. The van der Waals surface area contributed by atoms with Gasteiger partial charge in [-0.05, 0) is 36.2 Å². The Balaban J connectivity index is 1.32. The molecule has 28 heavy (non-hydrogen) atoms. The first-order valence-electron chi connectivity index (χ1n) is 9.47. The summed E-state index contributed by atoms with van der Waals surface area (Å²) < 4.78 is 5.83. The molecular weight excluding hydrogens is 354 g/mol. The van der Waals surface area contributed by atoms with Crippen LogP contribution in [0.25, 0.3) is 0 Å². The van der Waals surface area contributed by atoms with Crippen molar-refractivity contribution in [3.05, 3.63) is 98.3 Å². The zero-order valence-electron chi connectivity index (χ0n) is 15.6. The largest absolute Gasteiger partial charge is 0.489 e. The molecule has 1 unspecified atom stereocenters. The third-order valence-corrected chi connectivity index (χ3v) is 5.07. The highest BCUT2D eigenvalue weighted by molar-refractivity contribution is 5.28. The number of benzene rings is 2. The van der Waals surface area contributed by atoms with Gasteiger partial charge in [0.05, 0.1) is 0 Å². The fourth-order valence-electron chi connectivity index (χ4n) is 3.63. The highest BCUT2D eigenvalue weighted by Crippen LogP contribution is 2.26. The molecule has 1 atom stereocenters. The number of nitrogens with zero attached hydrogens (tertiary/aromatic N) is 1. The van der Waals surface area contributed by atoms with Crippen molar-refractivity contribution >= 4 is 0 Å². The number of nitrogens with one attached hydrogen (secondary N) is 2. The molecule has 0 spiro atoms. The van der Waals surface area contributed by atoms with E-state index < -0.39 is 5.69 Å². The summed E-state index contributed by atoms with van der Waals surface area (Å²) in [7, 11) is 0. The molecule has 1 saturated heterocycles. The van der Waals surface area contributed by atoms with Gasteiger partial charge in [0.2, 0.25) is 0 Å². The zero-order valence-corrected chi connectivity index (χ0v) is 15.6. The van der Waals surface area contributed by atoms with E-state index in [1.165, 1.54) is 11.6 Å². The van der Waals surface area contributed by atoms with E-state index in [-0.39, 0.29) is 11.5 Å². The first kappa shape index (κ1) is 18.3. The highest BCUT2D eigenvalue weighted by atomic mass is 16.5. The van der Waals surface area contributed by atoms with Crippen LogP contribution in [0.5, 0.6) is 5.75 Å². The summed E-state index contributed by atoms with van der Waals surface area (Å²) in [5.74, 6) is 1.04. The number of H-pyrrole nitrogens is 2. The molecule has 2 aromatic carbocycles. The fraction of sp³-hybridized carbons (Fsp3) is 0.273. The molecule has 0 saturated carbocycles. The number of hydrogen-bond donors (Lipinski definition) is 2. The van der Waals surface area contributed by atoms with Gasteiger partial charge in [-0.2, -0.15) is 0 Å². The fourth-order valence-corrected chi connectivity index (χ4v) is 3.63. The molecule has 1 aliphatic heterocycles. The number of ether oxygens (including phenoxy) is 1. The number of hydrogen-bond acceptors (Lipinski definition) is 4. The topological polar surface area (TPSA) is 78.2 Å². The molecule has 4 rings (SSSR count). The van der Waals surface area contributed by atoms with Gasteiger partial charge >= 0.3 is 5.69 Å². The molecule has 1 aromatic heterocycles. The van der Waals surface area contributed by atoms with Crippen LogP contribution in [0.2, 0.25) is 0 Å². The molecule has 2 N–H and O–H groups in total. The Bertz CT molecular complexity index is 997. The highest BCUT2D eigenvalue weighted by Gasteiger charge is 2.24. The van der Waals surface area contributed by atoms with Crippen molar-refractivity contribution in [1.82, 2.24) is 14.9 Å². The molecule has 0 amide bonds. The van der Waals surface area contributed by atoms with Crippen molar-refractivity contribution in [2.24, 2.45) is 0 Å². The third kappa shape index (κ3) is 4.58. The second kappa shape index (κ2) is 8.27. The molecule has 144 valence electrons. The summed E-state index contributed by atoms with van der Waals surface area (Å²) in [5.41, 5.74) is 2.30. The molecule has 1 fully saturated rings. The standard InChI is InChI=1S/C22H23N3O3/c26-21-12-20(23-22(27)24-21)18-10-11-25(14-18)13-16-6-8-19(9-7-16)28-15-17-4-2-1-3-5-17/h1-9,12,18H,10-11,13-15H2,(H2,23,24,26,27). The maximum absolute atomic E-state index is 11.5. The zero-order chi connectivity index (χ0) is 19.3. The van der Waals surface area contributed by atoms with E-state index in [2.05, 4.69) is 27.0 Å². The monoisotopic (exact) mass is 377 g/mol. The van der Waals surface area contributed by atoms with Crippen molar-refractivity contribution in [2.45, 2.75) is 25.5 Å². The van der Waals surface area contributed by atoms with Crippen LogP contribution in [-0.4, -0.2) is 28.0 Å². The Morgan fingerprint density at radius 2 is 1.75 bits per heavy atom. The molecule has 6 heteroatoms. The van der Waals surface area contributed by atoms with E-state index in [1.54, 1.807) is 0 Å². The first-order valence-corrected chi connectivity index (χ1v) is 9.47. The van der Waals surface area contributed by atoms with E-state index in [0.717, 1.165) is 43.1 Å². The van der Waals surface area contributed by atoms with Crippen molar-refractivity contribution in [1.29, 1.82) is 0 Å². The van der Waals surface area contributed by atoms with E-state index in [4.69, 9.17) is 4.74 Å². The van der Waals surface area contributed by atoms with Gasteiger partial charge in [0.25, 0.3) is 5.56 Å². The molecular formula is C22H23N3O3. The quantitative estimate of drug-likeness (QED) is 0.692. The van der Waals surface area contributed by atoms with Gasteiger partial charge in [-0.15, -0.1) is 0 Å². The Morgan fingerprint density at radius 1 is 0.964 bits per heavy atom. The maximum atomic E-state index is 11.5. The molecule has 6 nitrogen and oxygen atoms in total. The van der Waals surface area contributed by atoms with Crippen LogP contribution < -0.4 is 16.0 Å². The molecule has 0 bridgehead atoms. The molecule has 0 radical (unpaired) electrons. The van der Waals surface area contributed by atoms with Crippen molar-refractivity contribution in [3.63, 3.8) is 0 Å². The average Bonchev–Trinajstić information content (AvgIpc) is 3.16. The number of rotatable bonds is 6. The van der Waals surface area contributed by atoms with Gasteiger partial charge < -0.3 is 9.72 Å². The Morgan fingerprint density at radius 3 is 2.50 bits per heavy atom. The average molecular weight is 377 g/mol. The summed E-state index contributed by atoms with van der Waals surface area (Å²) in [6.45, 7) is 3.16. The minimum absolute atomic E-state index is 0.184. The van der Waals surface area contributed by atoms with Crippen LogP contribution in [-0.2, 0) is 13.2 Å². The Labute approximate surface area is 162 Å². The van der Waals surface area contributed by atoms with Crippen LogP contribution in [0.3, 0.4) is 0 Å². The Kier molecular flexibility index (Phi) is 5.39. The molecule has 0 aliphatic carbocycles. The maximum Gasteiger partial charge on any atom is 0.325 e. The predicted octanol–water partition coefficient (Wildman–Crippen LogP) is 2.63. The molecule has 3 aromatic rings. The lowest BCUT2D eigenvalue weighted by atomic mass is 10.1. The van der Waals surface area contributed by atoms with Crippen molar-refractivity contribution < 1.29 is 4.74 Å². The van der Waals surface area contributed by atoms with Gasteiger partial charge in [-0.3, -0.25) is 14.7 Å². The van der Waals surface area contributed by atoms with E-state index >= 15 is 0 Å². The summed E-state index contributed by atoms with van der Waals surface area (Å²) in [5, 5.41) is 0. The Hall–Kier alpha value is -3.12. The SMILES string of the molecule is O=c1cc(C2CCN(Cc3ccc(OCc4ccccc4)cc3)C2)[nH]c(=O)[nH]1. The molecule has 2 heterocycles. The third-order valence-electron chi connectivity index (χ3n) is 5.07. The van der Waals surface area contributed by atoms with Gasteiger partial charge in [0, 0.05) is 30.8 Å². The van der Waals surface area contributed by atoms with Crippen LogP contribution >= 0.6 is 0 Å². The van der Waals surface area contributed by atoms with Crippen molar-refractivity contribution in [3.8, 4) is 5.75 Å². The number of aromatic nitrogens is 2. The van der Waals surface area contributed by atoms with Crippen molar-refractivity contribution in [2.75, 3.05) is 13.1 Å². The molecule has 1 aliphatic rings. The number of aromatic amines is 2. The minimum atomic E-state index is -0.438. The van der Waals surface area contributed by atoms with Crippen LogP contribution in [0.1, 0.15) is 29.2 Å². The second-order valence-electron chi connectivity index (χ2n) is 7.18. The van der Waals surface area contributed by atoms with Gasteiger partial charge in [-0.1, -0.05) is 42.5 Å². The van der Waals surface area contributed by atoms with Crippen LogP contribution in [0.15, 0.2) is 70.3 Å². The van der Waals surface area contributed by atoms with E-state index in [9.17, 15) is 9.59 Å². The first-order chi connectivity index (χ1) is 13.7. The lowest BCUT2D eigenvalue weighted by Crippen LogP contribution is -2.25. The lowest BCUT2D eigenvalue weighted by Gasteiger charge is -2.16. The smallest absolute Gasteiger partial charge is 0.325 e. The summed E-state index contributed by atoms with van der Waals surface area (Å²) >= 11 is 0. The van der Waals surface area contributed by atoms with Gasteiger partial charge in [0.1, 0.15) is 12.4 Å². The second-order valence-corrected chi connectivity index (χ2v) is 7.18. The van der Waals surface area contributed by atoms with E-state index in [0.29, 0.717) is 6.61 Å². The predicted molar refractivity (Wildman–Crippen MR) is 108 cm³/mol. The lowest BCUT2D eigenvalue weighted by molar-refractivity contribution is 0.305. The van der Waals surface area contributed by atoms with Gasteiger partial charge in [-0.25, -0.2) is 4.79 Å². The summed E-state index contributed by atoms with van der Waals surface area (Å²) in [6, 6.07) is 19.8.